The highest BCUT2D eigenvalue weighted by atomic mass is 79.9. The van der Waals surface area contributed by atoms with Crippen LogP contribution < -0.4 is 9.47 Å². The van der Waals surface area contributed by atoms with Gasteiger partial charge in [-0.3, -0.25) is 4.57 Å². The van der Waals surface area contributed by atoms with Crippen LogP contribution in [0.1, 0.15) is 12.8 Å². The summed E-state index contributed by atoms with van der Waals surface area (Å²) in [5.74, 6) is 3.30. The van der Waals surface area contributed by atoms with Crippen molar-refractivity contribution in [3.63, 3.8) is 0 Å². The molecule has 0 bridgehead atoms. The molecule has 2 heterocycles. The minimum Gasteiger partial charge on any atom is -0.497 e. The van der Waals surface area contributed by atoms with Crippen LogP contribution in [0.4, 0.5) is 0 Å². The van der Waals surface area contributed by atoms with E-state index in [0.717, 1.165) is 64.3 Å². The number of thioether (sulfide) groups is 1. The van der Waals surface area contributed by atoms with Gasteiger partial charge in [-0.1, -0.05) is 33.8 Å². The van der Waals surface area contributed by atoms with Crippen LogP contribution in [0.25, 0.3) is 11.4 Å². The van der Waals surface area contributed by atoms with Gasteiger partial charge in [-0.25, -0.2) is 0 Å². The lowest BCUT2D eigenvalue weighted by Gasteiger charge is -2.15. The Kier molecular flexibility index (Phi) is 7.30. The number of hydrogen-bond acceptors (Lipinski definition) is 6. The molecule has 0 saturated carbocycles. The molecule has 3 aromatic rings. The van der Waals surface area contributed by atoms with E-state index >= 15 is 0 Å². The lowest BCUT2D eigenvalue weighted by molar-refractivity contribution is 0.0953. The first kappa shape index (κ1) is 21.2. The average molecular weight is 490 g/mol. The minimum atomic E-state index is 0.204. The molecule has 158 valence electrons. The van der Waals surface area contributed by atoms with E-state index in [-0.39, 0.29) is 6.10 Å². The quantitative estimate of drug-likeness (QED) is 0.309. The van der Waals surface area contributed by atoms with Crippen molar-refractivity contribution in [1.82, 2.24) is 14.8 Å². The number of rotatable bonds is 9. The second-order valence-corrected chi connectivity index (χ2v) is 8.91. The third kappa shape index (κ3) is 5.36. The van der Waals surface area contributed by atoms with E-state index in [9.17, 15) is 0 Å². The van der Waals surface area contributed by atoms with Gasteiger partial charge in [0.1, 0.15) is 11.5 Å². The molecule has 1 aliphatic rings. The van der Waals surface area contributed by atoms with Gasteiger partial charge in [-0.2, -0.15) is 0 Å². The molecule has 0 amide bonds. The number of ether oxygens (including phenoxy) is 3. The number of aromatic nitrogens is 3. The molecule has 2 aromatic carbocycles. The Labute approximate surface area is 189 Å². The standard InChI is InChI=1S/C22H24BrN3O3S/c1-27-18-9-7-16(8-10-18)21-24-25-22(26(21)15-20-6-3-11-28-20)30-13-12-29-19-5-2-4-17(23)14-19/h2,4-5,7-10,14,20H,3,6,11-13,15H2,1H3. The zero-order valence-electron chi connectivity index (χ0n) is 16.8. The Hall–Kier alpha value is -2.03. The summed E-state index contributed by atoms with van der Waals surface area (Å²) in [6.07, 6.45) is 2.37. The molecule has 8 heteroatoms. The van der Waals surface area contributed by atoms with Gasteiger partial charge in [0, 0.05) is 22.4 Å². The first-order valence-electron chi connectivity index (χ1n) is 9.93. The second-order valence-electron chi connectivity index (χ2n) is 6.93. The molecule has 4 rings (SSSR count). The minimum absolute atomic E-state index is 0.204. The maximum absolute atomic E-state index is 5.87. The molecule has 0 N–H and O–H groups in total. The largest absolute Gasteiger partial charge is 0.497 e. The summed E-state index contributed by atoms with van der Waals surface area (Å²) in [5, 5.41) is 9.83. The first-order chi connectivity index (χ1) is 14.7. The van der Waals surface area contributed by atoms with Crippen molar-refractivity contribution in [2.45, 2.75) is 30.6 Å². The summed E-state index contributed by atoms with van der Waals surface area (Å²) < 4.78 is 20.2. The Morgan fingerprint density at radius 1 is 1.17 bits per heavy atom. The van der Waals surface area contributed by atoms with E-state index in [1.807, 2.05) is 48.5 Å². The number of hydrogen-bond donors (Lipinski definition) is 0. The van der Waals surface area contributed by atoms with Gasteiger partial charge in [0.2, 0.25) is 0 Å². The van der Waals surface area contributed by atoms with Crippen molar-refractivity contribution in [2.75, 3.05) is 26.1 Å². The molecule has 1 aromatic heterocycles. The van der Waals surface area contributed by atoms with Gasteiger partial charge >= 0.3 is 0 Å². The molecular formula is C22H24BrN3O3S. The summed E-state index contributed by atoms with van der Waals surface area (Å²) in [6.45, 7) is 2.17. The Bertz CT molecular complexity index is 959. The Balaban J connectivity index is 1.46. The summed E-state index contributed by atoms with van der Waals surface area (Å²) in [7, 11) is 1.67. The molecule has 0 radical (unpaired) electrons. The molecule has 30 heavy (non-hydrogen) atoms. The van der Waals surface area contributed by atoms with Gasteiger partial charge in [0.25, 0.3) is 0 Å². The predicted octanol–water partition coefficient (Wildman–Crippen LogP) is 5.07. The fraction of sp³-hybridized carbons (Fsp3) is 0.364. The van der Waals surface area contributed by atoms with Crippen LogP contribution in [0, 0.1) is 0 Å². The van der Waals surface area contributed by atoms with Crippen LogP contribution in [0.5, 0.6) is 11.5 Å². The van der Waals surface area contributed by atoms with Crippen LogP contribution in [0.2, 0.25) is 0 Å². The number of nitrogens with zero attached hydrogens (tertiary/aromatic N) is 3. The molecule has 6 nitrogen and oxygen atoms in total. The van der Waals surface area contributed by atoms with Crippen molar-refractivity contribution >= 4 is 27.7 Å². The van der Waals surface area contributed by atoms with Gasteiger partial charge in [0.15, 0.2) is 11.0 Å². The summed E-state index contributed by atoms with van der Waals surface area (Å²) in [4.78, 5) is 0. The predicted molar refractivity (Wildman–Crippen MR) is 121 cm³/mol. The van der Waals surface area contributed by atoms with Crippen LogP contribution >= 0.6 is 27.7 Å². The highest BCUT2D eigenvalue weighted by Gasteiger charge is 2.21. The number of benzene rings is 2. The van der Waals surface area contributed by atoms with Gasteiger partial charge in [-0.15, -0.1) is 10.2 Å². The molecular weight excluding hydrogens is 466 g/mol. The van der Waals surface area contributed by atoms with Crippen molar-refractivity contribution in [3.8, 4) is 22.9 Å². The lowest BCUT2D eigenvalue weighted by Crippen LogP contribution is -2.17. The molecule has 1 atom stereocenters. The van der Waals surface area contributed by atoms with E-state index in [1.165, 1.54) is 0 Å². The van der Waals surface area contributed by atoms with Gasteiger partial charge < -0.3 is 14.2 Å². The Morgan fingerprint density at radius 2 is 2.03 bits per heavy atom. The molecule has 1 unspecified atom stereocenters. The average Bonchev–Trinajstić information content (AvgIpc) is 3.42. The maximum atomic E-state index is 5.87. The van der Waals surface area contributed by atoms with Crippen LogP contribution in [-0.4, -0.2) is 46.9 Å². The zero-order valence-corrected chi connectivity index (χ0v) is 19.2. The number of halogens is 1. The zero-order chi connectivity index (χ0) is 20.8. The van der Waals surface area contributed by atoms with Crippen molar-refractivity contribution in [3.05, 3.63) is 53.0 Å². The second kappa shape index (κ2) is 10.3. The van der Waals surface area contributed by atoms with E-state index in [2.05, 4.69) is 30.7 Å². The van der Waals surface area contributed by atoms with Crippen LogP contribution in [-0.2, 0) is 11.3 Å². The fourth-order valence-electron chi connectivity index (χ4n) is 3.35. The maximum Gasteiger partial charge on any atom is 0.191 e. The van der Waals surface area contributed by atoms with Crippen molar-refractivity contribution < 1.29 is 14.2 Å². The Morgan fingerprint density at radius 3 is 2.77 bits per heavy atom. The van der Waals surface area contributed by atoms with E-state index in [0.29, 0.717) is 6.61 Å². The van der Waals surface area contributed by atoms with Crippen LogP contribution in [0.15, 0.2) is 58.2 Å². The van der Waals surface area contributed by atoms with Gasteiger partial charge in [0.05, 0.1) is 26.4 Å². The topological polar surface area (TPSA) is 58.4 Å². The third-order valence-electron chi connectivity index (χ3n) is 4.85. The fourth-order valence-corrected chi connectivity index (χ4v) is 4.50. The summed E-state index contributed by atoms with van der Waals surface area (Å²) in [6, 6.07) is 15.8. The monoisotopic (exact) mass is 489 g/mol. The third-order valence-corrected chi connectivity index (χ3v) is 6.28. The molecule has 1 aliphatic heterocycles. The van der Waals surface area contributed by atoms with Crippen molar-refractivity contribution in [1.29, 1.82) is 0 Å². The highest BCUT2D eigenvalue weighted by molar-refractivity contribution is 9.10. The van der Waals surface area contributed by atoms with Gasteiger partial charge in [-0.05, 0) is 55.3 Å². The highest BCUT2D eigenvalue weighted by Crippen LogP contribution is 2.28. The number of methoxy groups -OCH3 is 1. The molecule has 0 aliphatic carbocycles. The van der Waals surface area contributed by atoms with Crippen LogP contribution in [0.3, 0.4) is 0 Å². The first-order valence-corrected chi connectivity index (χ1v) is 11.7. The van der Waals surface area contributed by atoms with E-state index in [1.54, 1.807) is 18.9 Å². The summed E-state index contributed by atoms with van der Waals surface area (Å²) >= 11 is 5.12. The van der Waals surface area contributed by atoms with E-state index < -0.39 is 0 Å². The lowest BCUT2D eigenvalue weighted by atomic mass is 10.2. The molecule has 1 saturated heterocycles. The SMILES string of the molecule is COc1ccc(-c2nnc(SCCOc3cccc(Br)c3)n2CC2CCCO2)cc1. The van der Waals surface area contributed by atoms with Crippen molar-refractivity contribution in [2.24, 2.45) is 0 Å². The normalized spacial score (nSPS) is 16.0. The summed E-state index contributed by atoms with van der Waals surface area (Å²) in [5.41, 5.74) is 1.01. The molecule has 0 spiro atoms. The molecule has 1 fully saturated rings. The van der Waals surface area contributed by atoms with E-state index in [4.69, 9.17) is 14.2 Å². The smallest absolute Gasteiger partial charge is 0.191 e.